The normalized spacial score (nSPS) is 19.7. The van der Waals surface area contributed by atoms with Crippen LogP contribution in [0.4, 0.5) is 0 Å². The third kappa shape index (κ3) is 3.40. The number of thiol groups is 1. The number of hydrogen-bond donors (Lipinski definition) is 2. The number of hydrogen-bond acceptors (Lipinski definition) is 3. The van der Waals surface area contributed by atoms with Gasteiger partial charge < -0.3 is 10.2 Å². The third-order valence-electron chi connectivity index (χ3n) is 4.11. The van der Waals surface area contributed by atoms with E-state index in [1.54, 1.807) is 0 Å². The highest BCUT2D eigenvalue weighted by molar-refractivity contribution is 7.80. The Kier molecular flexibility index (Phi) is 5.50. The number of nitrogens with zero attached hydrogens (tertiary/aromatic N) is 1. The van der Waals surface area contributed by atoms with E-state index in [0.717, 1.165) is 32.4 Å². The van der Waals surface area contributed by atoms with Gasteiger partial charge in [0.2, 0.25) is 11.8 Å². The predicted octanol–water partition coefficient (Wildman–Crippen LogP) is 1.46. The molecule has 0 aromatic heterocycles. The van der Waals surface area contributed by atoms with E-state index < -0.39 is 6.04 Å². The molecule has 1 N–H and O–H groups in total. The zero-order valence-corrected chi connectivity index (χ0v) is 12.4. The maximum absolute atomic E-state index is 12.3. The number of likely N-dealkylation sites (tertiary alicyclic amines) is 1. The molecule has 104 valence electrons. The van der Waals surface area contributed by atoms with Crippen LogP contribution in [0.3, 0.4) is 0 Å². The fraction of sp³-hybridized carbons (Fsp3) is 0.846. The van der Waals surface area contributed by atoms with E-state index in [9.17, 15) is 9.59 Å². The molecule has 1 unspecified atom stereocenters. The topological polar surface area (TPSA) is 49.4 Å². The van der Waals surface area contributed by atoms with Gasteiger partial charge in [-0.15, -0.1) is 0 Å². The van der Waals surface area contributed by atoms with Crippen molar-refractivity contribution in [1.29, 1.82) is 0 Å². The highest BCUT2D eigenvalue weighted by Gasteiger charge is 2.38. The van der Waals surface area contributed by atoms with E-state index >= 15 is 0 Å². The van der Waals surface area contributed by atoms with E-state index in [2.05, 4.69) is 31.8 Å². The average molecular weight is 272 g/mol. The third-order valence-corrected chi connectivity index (χ3v) is 4.47. The molecular formula is C13H24N2O2S. The van der Waals surface area contributed by atoms with Gasteiger partial charge in [-0.2, -0.15) is 12.6 Å². The average Bonchev–Trinajstić information content (AvgIpc) is 2.80. The summed E-state index contributed by atoms with van der Waals surface area (Å²) in [5, 5.41) is 2.66. The van der Waals surface area contributed by atoms with Gasteiger partial charge in [0.25, 0.3) is 0 Å². The lowest BCUT2D eigenvalue weighted by Crippen LogP contribution is -2.48. The van der Waals surface area contributed by atoms with Crippen molar-refractivity contribution in [2.75, 3.05) is 18.8 Å². The largest absolute Gasteiger partial charge is 0.344 e. The maximum atomic E-state index is 12.3. The fourth-order valence-corrected chi connectivity index (χ4v) is 2.85. The van der Waals surface area contributed by atoms with Gasteiger partial charge >= 0.3 is 0 Å². The summed E-state index contributed by atoms with van der Waals surface area (Å²) in [6.07, 6.45) is 3.25. The molecular weight excluding hydrogens is 248 g/mol. The van der Waals surface area contributed by atoms with Crippen molar-refractivity contribution >= 4 is 24.4 Å². The first kappa shape index (κ1) is 15.3. The monoisotopic (exact) mass is 272 g/mol. The van der Waals surface area contributed by atoms with E-state index in [1.165, 1.54) is 6.92 Å². The molecule has 1 aliphatic heterocycles. The Bertz CT molecular complexity index is 316. The van der Waals surface area contributed by atoms with Crippen LogP contribution in [0.5, 0.6) is 0 Å². The first-order valence-electron chi connectivity index (χ1n) is 6.64. The molecule has 1 rings (SSSR count). The van der Waals surface area contributed by atoms with Gasteiger partial charge in [-0.1, -0.05) is 13.8 Å². The Labute approximate surface area is 115 Å². The standard InChI is InChI=1S/C13H24N2O2S/c1-4-13(5-2)6-7-15(9-13)12(17)11(8-18)14-10(3)16/h11,18H,4-9H2,1-3H3,(H,14,16). The van der Waals surface area contributed by atoms with Crippen LogP contribution in [0.25, 0.3) is 0 Å². The summed E-state index contributed by atoms with van der Waals surface area (Å²) in [4.78, 5) is 25.2. The van der Waals surface area contributed by atoms with Gasteiger partial charge in [0.05, 0.1) is 0 Å². The lowest BCUT2D eigenvalue weighted by molar-refractivity contribution is -0.134. The Balaban J connectivity index is 2.65. The van der Waals surface area contributed by atoms with E-state index in [1.807, 2.05) is 4.90 Å². The quantitative estimate of drug-likeness (QED) is 0.744. The number of rotatable bonds is 5. The highest BCUT2D eigenvalue weighted by atomic mass is 32.1. The van der Waals surface area contributed by atoms with E-state index in [0.29, 0.717) is 5.75 Å². The van der Waals surface area contributed by atoms with Gasteiger partial charge in [-0.05, 0) is 24.7 Å². The molecule has 0 saturated carbocycles. The van der Waals surface area contributed by atoms with Gasteiger partial charge in [0.1, 0.15) is 6.04 Å². The summed E-state index contributed by atoms with van der Waals surface area (Å²) < 4.78 is 0. The Morgan fingerprint density at radius 2 is 2.00 bits per heavy atom. The number of amides is 2. The van der Waals surface area contributed by atoms with Crippen LogP contribution in [0.2, 0.25) is 0 Å². The number of carbonyl (C=O) groups is 2. The van der Waals surface area contributed by atoms with Crippen LogP contribution < -0.4 is 5.32 Å². The number of carbonyl (C=O) groups excluding carboxylic acids is 2. The molecule has 1 aliphatic rings. The summed E-state index contributed by atoms with van der Waals surface area (Å²) in [5.74, 6) is 0.169. The SMILES string of the molecule is CCC1(CC)CCN(C(=O)C(CS)NC(C)=O)C1. The van der Waals surface area contributed by atoms with Crippen LogP contribution in [0.15, 0.2) is 0 Å². The van der Waals surface area contributed by atoms with E-state index in [4.69, 9.17) is 0 Å². The molecule has 0 aliphatic carbocycles. The molecule has 1 saturated heterocycles. The Hall–Kier alpha value is -0.710. The van der Waals surface area contributed by atoms with Crippen LogP contribution in [-0.4, -0.2) is 41.6 Å². The molecule has 0 radical (unpaired) electrons. The zero-order valence-electron chi connectivity index (χ0n) is 11.5. The van der Waals surface area contributed by atoms with Crippen molar-refractivity contribution in [3.8, 4) is 0 Å². The van der Waals surface area contributed by atoms with Gasteiger partial charge in [0.15, 0.2) is 0 Å². The molecule has 2 amide bonds. The summed E-state index contributed by atoms with van der Waals surface area (Å²) in [6, 6.07) is -0.490. The molecule has 5 heteroatoms. The van der Waals surface area contributed by atoms with Crippen molar-refractivity contribution in [2.24, 2.45) is 5.41 Å². The van der Waals surface area contributed by atoms with Crippen molar-refractivity contribution in [1.82, 2.24) is 10.2 Å². The summed E-state index contributed by atoms with van der Waals surface area (Å²) >= 11 is 4.15. The minimum atomic E-state index is -0.490. The molecule has 0 spiro atoms. The zero-order chi connectivity index (χ0) is 13.8. The van der Waals surface area contributed by atoms with Crippen LogP contribution >= 0.6 is 12.6 Å². The fourth-order valence-electron chi connectivity index (χ4n) is 2.60. The Morgan fingerprint density at radius 1 is 1.39 bits per heavy atom. The lowest BCUT2D eigenvalue weighted by atomic mass is 9.82. The first-order chi connectivity index (χ1) is 8.48. The molecule has 0 aromatic carbocycles. The van der Waals surface area contributed by atoms with Gasteiger partial charge in [-0.25, -0.2) is 0 Å². The summed E-state index contributed by atoms with van der Waals surface area (Å²) in [7, 11) is 0. The van der Waals surface area contributed by atoms with Crippen LogP contribution in [0, 0.1) is 5.41 Å². The molecule has 1 heterocycles. The second-order valence-corrected chi connectivity index (χ2v) is 5.52. The van der Waals surface area contributed by atoms with E-state index in [-0.39, 0.29) is 17.2 Å². The van der Waals surface area contributed by atoms with Crippen LogP contribution in [-0.2, 0) is 9.59 Å². The van der Waals surface area contributed by atoms with Gasteiger partial charge in [0, 0.05) is 25.8 Å². The minimum Gasteiger partial charge on any atom is -0.344 e. The second-order valence-electron chi connectivity index (χ2n) is 5.15. The summed E-state index contributed by atoms with van der Waals surface area (Å²) in [6.45, 7) is 7.39. The smallest absolute Gasteiger partial charge is 0.246 e. The molecule has 18 heavy (non-hydrogen) atoms. The van der Waals surface area contributed by atoms with Crippen molar-refractivity contribution < 1.29 is 9.59 Å². The molecule has 0 bridgehead atoms. The highest BCUT2D eigenvalue weighted by Crippen LogP contribution is 2.37. The lowest BCUT2D eigenvalue weighted by Gasteiger charge is -2.28. The molecule has 1 fully saturated rings. The number of nitrogens with one attached hydrogen (secondary N) is 1. The minimum absolute atomic E-state index is 0.00368. The van der Waals surface area contributed by atoms with Gasteiger partial charge in [-0.3, -0.25) is 9.59 Å². The van der Waals surface area contributed by atoms with Crippen molar-refractivity contribution in [3.63, 3.8) is 0 Å². The molecule has 0 aromatic rings. The predicted molar refractivity (Wildman–Crippen MR) is 75.7 cm³/mol. The van der Waals surface area contributed by atoms with Crippen LogP contribution in [0.1, 0.15) is 40.0 Å². The second kappa shape index (κ2) is 6.45. The first-order valence-corrected chi connectivity index (χ1v) is 7.28. The molecule has 4 nitrogen and oxygen atoms in total. The Morgan fingerprint density at radius 3 is 2.39 bits per heavy atom. The van der Waals surface area contributed by atoms with Crippen molar-refractivity contribution in [2.45, 2.75) is 46.1 Å². The maximum Gasteiger partial charge on any atom is 0.246 e. The molecule has 1 atom stereocenters. The summed E-state index contributed by atoms with van der Waals surface area (Å²) in [5.41, 5.74) is 0.271. The van der Waals surface area contributed by atoms with Crippen molar-refractivity contribution in [3.05, 3.63) is 0 Å².